The second-order valence-electron chi connectivity index (χ2n) is 24.1. The minimum absolute atomic E-state index is 0.0907. The van der Waals surface area contributed by atoms with Crippen LogP contribution in [0.5, 0.6) is 51.7 Å². The van der Waals surface area contributed by atoms with Crippen molar-refractivity contribution in [1.29, 1.82) is 0 Å². The zero-order valence-corrected chi connectivity index (χ0v) is 53.9. The molecule has 6 aromatic carbocycles. The summed E-state index contributed by atoms with van der Waals surface area (Å²) in [5.41, 5.74) is 3.30. The van der Waals surface area contributed by atoms with E-state index in [1.54, 1.807) is 6.07 Å². The lowest BCUT2D eigenvalue weighted by molar-refractivity contribution is -0.287. The lowest BCUT2D eigenvalue weighted by Gasteiger charge is -2.41. The number of ether oxygens (including phenoxy) is 5. The molecule has 0 aromatic heterocycles. The van der Waals surface area contributed by atoms with Crippen LogP contribution in [0.4, 0.5) is 0 Å². The molecule has 0 radical (unpaired) electrons. The maximum Gasteiger partial charge on any atom is 0.330 e. The van der Waals surface area contributed by atoms with Crippen LogP contribution in [0.1, 0.15) is 90.4 Å². The van der Waals surface area contributed by atoms with Gasteiger partial charge < -0.3 is 118 Å². The maximum absolute atomic E-state index is 15.9. The summed E-state index contributed by atoms with van der Waals surface area (Å²) in [6, 6.07) is 5.26. The van der Waals surface area contributed by atoms with Crippen LogP contribution in [0.2, 0.25) is 10.0 Å². The molecule has 31 nitrogen and oxygen atoms in total. The van der Waals surface area contributed by atoms with Gasteiger partial charge in [0.05, 0.1) is 35.7 Å². The van der Waals surface area contributed by atoms with Crippen LogP contribution in [0.3, 0.4) is 0 Å². The van der Waals surface area contributed by atoms with Gasteiger partial charge in [-0.1, -0.05) is 67.4 Å². The molecule has 14 atom stereocenters. The number of carbonyl (C=O) groups excluding carboxylic acids is 7. The summed E-state index contributed by atoms with van der Waals surface area (Å²) in [4.78, 5) is 116. The van der Waals surface area contributed by atoms with Gasteiger partial charge in [-0.25, -0.2) is 4.79 Å². The fourth-order valence-electron chi connectivity index (χ4n) is 11.8. The molecule has 524 valence electrons. The van der Waals surface area contributed by atoms with E-state index in [1.807, 2.05) is 13.8 Å². The van der Waals surface area contributed by atoms with Crippen LogP contribution < -0.4 is 57.2 Å². The van der Waals surface area contributed by atoms with Crippen molar-refractivity contribution in [2.24, 2.45) is 11.7 Å². The number of hydrogen-bond acceptors (Lipinski definition) is 23. The van der Waals surface area contributed by atoms with E-state index in [4.69, 9.17) is 52.6 Å². The number of likely N-dealkylation sites (N-methyl/N-ethyl adjacent to an activating group) is 1. The van der Waals surface area contributed by atoms with Crippen molar-refractivity contribution in [1.82, 2.24) is 37.2 Å². The largest absolute Gasteiger partial charge is 0.508 e. The van der Waals surface area contributed by atoms with Crippen molar-refractivity contribution in [3.8, 4) is 62.9 Å². The van der Waals surface area contributed by atoms with Gasteiger partial charge in [0.2, 0.25) is 53.4 Å². The average molecular weight is 1410 g/mol. The highest BCUT2D eigenvalue weighted by Gasteiger charge is 2.48. The monoisotopic (exact) mass is 1410 g/mol. The lowest BCUT2D eigenvalue weighted by atomic mass is 9.89. The number of primary amides is 1. The van der Waals surface area contributed by atoms with E-state index in [0.717, 1.165) is 66.7 Å². The lowest BCUT2D eigenvalue weighted by Crippen LogP contribution is -2.60. The zero-order chi connectivity index (χ0) is 71.6. The van der Waals surface area contributed by atoms with E-state index in [2.05, 4.69) is 37.2 Å². The molecule has 6 aliphatic heterocycles. The SMILES string of the molecule is CN[C@H](CC(C)C)C(=O)N[C@H]1C(=O)N[C@@H](CC(N)=O)C(=O)N[C@H]2C(=O)N[C@H]3C(=O)N[C@H](C(=O)N[C@H](C(=O)O)c4cc(O)cc(O)c4-c4cc3ccc4O)[C@H](O)c3ccc(c(Cl)c3)Oc3cc2cc(c3O[C@@H]2O[C@H](CO)[C@@H](O)[C@H](OCc3cccc(O)c3)[C@H]2O)Oc2ccc(cc2Cl)[C@H]1O. The molecule has 0 spiro atoms. The number of phenols is 4. The summed E-state index contributed by atoms with van der Waals surface area (Å²) in [5, 5.41) is 130. The predicted octanol–water partition coefficient (Wildman–Crippen LogP) is 1.80. The molecule has 11 bridgehead atoms. The first-order valence-electron chi connectivity index (χ1n) is 30.6. The number of nitrogens with two attached hydrogens (primary N) is 1. The van der Waals surface area contributed by atoms with Crippen LogP contribution in [-0.4, -0.2) is 167 Å². The molecule has 12 rings (SSSR count). The van der Waals surface area contributed by atoms with Crippen molar-refractivity contribution < 1.29 is 113 Å². The number of aliphatic hydroxyl groups excluding tert-OH is 5. The number of aliphatic hydroxyl groups is 5. The number of carboxylic acids is 1. The van der Waals surface area contributed by atoms with Gasteiger partial charge in [0, 0.05) is 22.8 Å². The fraction of sp³-hybridized carbons (Fsp3) is 0.333. The van der Waals surface area contributed by atoms with Crippen molar-refractivity contribution in [2.75, 3.05) is 13.7 Å². The van der Waals surface area contributed by atoms with Gasteiger partial charge in [0.15, 0.2) is 17.5 Å². The molecule has 33 heteroatoms. The Morgan fingerprint density at radius 3 is 1.89 bits per heavy atom. The minimum atomic E-state index is -2.33. The van der Waals surface area contributed by atoms with Crippen LogP contribution in [-0.2, 0) is 54.4 Å². The maximum atomic E-state index is 15.9. The first-order chi connectivity index (χ1) is 47.0. The van der Waals surface area contributed by atoms with Gasteiger partial charge in [-0.15, -0.1) is 0 Å². The molecular weight excluding hydrogens is 1340 g/mol. The molecule has 19 N–H and O–H groups in total. The first-order valence-corrected chi connectivity index (χ1v) is 31.3. The molecule has 1 saturated heterocycles. The minimum Gasteiger partial charge on any atom is -0.508 e. The van der Waals surface area contributed by atoms with Crippen molar-refractivity contribution in [2.45, 2.75) is 119 Å². The Labute approximate surface area is 571 Å². The Morgan fingerprint density at radius 2 is 1.28 bits per heavy atom. The summed E-state index contributed by atoms with van der Waals surface area (Å²) < 4.78 is 31.6. The van der Waals surface area contributed by atoms with Crippen LogP contribution in [0.15, 0.2) is 103 Å². The second kappa shape index (κ2) is 30.0. The summed E-state index contributed by atoms with van der Waals surface area (Å²) in [6.07, 6.45) is -14.2. The number of phenolic OH excluding ortho intramolecular Hbond substituents is 4. The first kappa shape index (κ1) is 71.7. The summed E-state index contributed by atoms with van der Waals surface area (Å²) >= 11 is 14.0. The van der Waals surface area contributed by atoms with E-state index in [1.165, 1.54) is 37.4 Å². The Hall–Kier alpha value is -10.1. The molecule has 1 fully saturated rings. The third kappa shape index (κ3) is 15.6. The number of aromatic hydroxyl groups is 4. The van der Waals surface area contributed by atoms with Gasteiger partial charge in [-0.3, -0.25) is 33.6 Å². The molecule has 0 unspecified atom stereocenters. The Balaban J connectivity index is 1.22. The number of nitrogens with one attached hydrogen (secondary N) is 7. The zero-order valence-electron chi connectivity index (χ0n) is 52.4. The molecule has 6 aromatic rings. The van der Waals surface area contributed by atoms with Crippen molar-refractivity contribution in [3.05, 3.63) is 147 Å². The number of hydrogen-bond donors (Lipinski definition) is 18. The topological polar surface area (TPSA) is 495 Å². The standard InChI is InChI=1S/C66H68Cl2N8O23/c1-25(2)13-37(70-3)59(87)75-51-53(83)28-8-11-41(35(67)16-28)96-43-18-30-19-44(57(43)99-66-56(86)58(55(85)45(23-77)98-66)95-24-26-5-4-6-31(78)14-26)97-42-12-9-29(17-36(42)68)54(84)52-64(92)74-50(65(93)94)34-20-32(79)21-40(81)47(34)33-15-27(7-10-39(33)80)48(61(89)76-52)73-62(90)49(30)72-60(88)38(22-46(69)82)71-63(51)91/h4-12,14-21,25,37-38,45,48-56,58,66,70,77-81,83-86H,13,22-24H2,1-3H3,(H2,69,82)(H,71,91)(H,72,88)(H,73,90)(H,74,92)(H,75,87)(H,76,89)(H,93,94)/t37-,38+,45-,48-,49-,50+,51-,52+,53-,54-,55-,56-,58+,66+/m1/s1. The summed E-state index contributed by atoms with van der Waals surface area (Å²) in [6.45, 7) is 2.36. The highest BCUT2D eigenvalue weighted by atomic mass is 35.5. The van der Waals surface area contributed by atoms with E-state index >= 15 is 14.4 Å². The van der Waals surface area contributed by atoms with Crippen LogP contribution >= 0.6 is 23.2 Å². The third-order valence-corrected chi connectivity index (χ3v) is 17.3. The van der Waals surface area contributed by atoms with Crippen molar-refractivity contribution >= 4 is 70.5 Å². The van der Waals surface area contributed by atoms with Gasteiger partial charge in [-0.2, -0.15) is 0 Å². The Bertz CT molecular complexity index is 4170. The Morgan fingerprint density at radius 1 is 0.657 bits per heavy atom. The highest BCUT2D eigenvalue weighted by molar-refractivity contribution is 6.32. The molecule has 99 heavy (non-hydrogen) atoms. The average Bonchev–Trinajstić information content (AvgIpc) is 0.771. The van der Waals surface area contributed by atoms with E-state index < -0.39 is 207 Å². The summed E-state index contributed by atoms with van der Waals surface area (Å²) in [5.74, 6) is -16.0. The quantitative estimate of drug-likeness (QED) is 0.0739. The highest BCUT2D eigenvalue weighted by Crippen LogP contribution is 2.49. The fourth-order valence-corrected chi connectivity index (χ4v) is 12.2. The molecular formula is C66H68Cl2N8O23. The van der Waals surface area contributed by atoms with Gasteiger partial charge in [-0.05, 0) is 114 Å². The number of carbonyl (C=O) groups is 8. The number of carboxylic acid groups (broad SMARTS) is 1. The smallest absolute Gasteiger partial charge is 0.330 e. The molecule has 7 amide bonds. The Kier molecular flexibility index (Phi) is 21.7. The van der Waals surface area contributed by atoms with Crippen LogP contribution in [0.25, 0.3) is 11.1 Å². The summed E-state index contributed by atoms with van der Waals surface area (Å²) in [7, 11) is 1.47. The normalized spacial score (nSPS) is 25.0. The number of benzene rings is 6. The molecule has 0 saturated carbocycles. The van der Waals surface area contributed by atoms with E-state index in [9.17, 15) is 75.0 Å². The molecule has 0 aliphatic carbocycles. The third-order valence-electron chi connectivity index (χ3n) is 16.7. The van der Waals surface area contributed by atoms with Gasteiger partial charge >= 0.3 is 5.97 Å². The van der Waals surface area contributed by atoms with Gasteiger partial charge in [0.1, 0.15) is 101 Å². The van der Waals surface area contributed by atoms with E-state index in [0.29, 0.717) is 5.56 Å². The number of aliphatic carboxylic acids is 1. The number of fused-ring (bicyclic) bond motifs is 15. The van der Waals surface area contributed by atoms with Crippen LogP contribution in [0, 0.1) is 5.92 Å². The molecule has 6 heterocycles. The number of amides is 7. The second-order valence-corrected chi connectivity index (χ2v) is 24.9. The molecule has 6 aliphatic rings. The van der Waals surface area contributed by atoms with Gasteiger partial charge in [0.25, 0.3) is 0 Å². The predicted molar refractivity (Wildman–Crippen MR) is 344 cm³/mol. The number of rotatable bonds is 14. The van der Waals surface area contributed by atoms with E-state index in [-0.39, 0.29) is 57.9 Å². The van der Waals surface area contributed by atoms with Crippen molar-refractivity contribution in [3.63, 3.8) is 0 Å². The number of halogens is 2.